The van der Waals surface area contributed by atoms with Crippen molar-refractivity contribution in [3.8, 4) is 0 Å². The van der Waals surface area contributed by atoms with Gasteiger partial charge in [-0.15, -0.1) is 0 Å². The van der Waals surface area contributed by atoms with E-state index in [1.54, 1.807) is 17.1 Å². The van der Waals surface area contributed by atoms with Crippen molar-refractivity contribution < 1.29 is 9.59 Å². The minimum Gasteiger partial charge on any atom is -0.355 e. The normalized spacial score (nSPS) is 15.8. The van der Waals surface area contributed by atoms with E-state index in [1.807, 2.05) is 11.8 Å². The van der Waals surface area contributed by atoms with Gasteiger partial charge in [-0.25, -0.2) is 0 Å². The number of hydrogen-bond acceptors (Lipinski definition) is 4. The van der Waals surface area contributed by atoms with Gasteiger partial charge in [0.1, 0.15) is 0 Å². The van der Waals surface area contributed by atoms with Crippen LogP contribution in [0.15, 0.2) is 12.4 Å². The summed E-state index contributed by atoms with van der Waals surface area (Å²) in [6.45, 7) is 6.28. The number of aromatic nitrogens is 2. The zero-order chi connectivity index (χ0) is 15.9. The molecule has 2 amide bonds. The Morgan fingerprint density at radius 3 is 2.64 bits per heavy atom. The van der Waals surface area contributed by atoms with Crippen LogP contribution in [0.25, 0.3) is 0 Å². The maximum Gasteiger partial charge on any atom is 0.234 e. The average Bonchev–Trinajstić information content (AvgIpc) is 2.91. The largest absolute Gasteiger partial charge is 0.355 e. The highest BCUT2D eigenvalue weighted by molar-refractivity contribution is 6.30. The lowest BCUT2D eigenvalue weighted by atomic mass is 10.2. The fourth-order valence-corrected chi connectivity index (χ4v) is 2.60. The first-order valence-electron chi connectivity index (χ1n) is 7.53. The number of hydrogen-bond donors (Lipinski definition) is 1. The maximum atomic E-state index is 12.2. The molecule has 0 aliphatic carbocycles. The van der Waals surface area contributed by atoms with Crippen LogP contribution in [-0.2, 0) is 16.1 Å². The van der Waals surface area contributed by atoms with Crippen LogP contribution in [0.5, 0.6) is 0 Å². The maximum absolute atomic E-state index is 12.2. The molecule has 1 saturated heterocycles. The number of halogens is 1. The molecule has 7 nitrogen and oxygen atoms in total. The Hall–Kier alpha value is -1.60. The van der Waals surface area contributed by atoms with Crippen molar-refractivity contribution in [1.29, 1.82) is 0 Å². The second-order valence-corrected chi connectivity index (χ2v) is 5.72. The fraction of sp³-hybridized carbons (Fsp3) is 0.643. The number of nitrogens with zero attached hydrogens (tertiary/aromatic N) is 4. The van der Waals surface area contributed by atoms with Gasteiger partial charge in [-0.2, -0.15) is 5.10 Å². The van der Waals surface area contributed by atoms with Crippen LogP contribution in [0.2, 0.25) is 5.02 Å². The summed E-state index contributed by atoms with van der Waals surface area (Å²) < 4.78 is 1.67. The van der Waals surface area contributed by atoms with Crippen LogP contribution in [0.3, 0.4) is 0 Å². The highest BCUT2D eigenvalue weighted by Crippen LogP contribution is 2.07. The Kier molecular flexibility index (Phi) is 6.21. The molecule has 1 aromatic rings. The summed E-state index contributed by atoms with van der Waals surface area (Å²) in [6.07, 6.45) is 3.68. The van der Waals surface area contributed by atoms with Gasteiger partial charge in [0, 0.05) is 51.9 Å². The van der Waals surface area contributed by atoms with Crippen molar-refractivity contribution in [3.05, 3.63) is 17.4 Å². The van der Waals surface area contributed by atoms with Crippen molar-refractivity contribution in [3.63, 3.8) is 0 Å². The zero-order valence-electron chi connectivity index (χ0n) is 12.8. The number of carbonyl (C=O) groups excluding carboxylic acids is 2. The SMILES string of the molecule is CCNC(=O)CN1CCN(C(=O)CCn2cc(Cl)cn2)CC1. The number of piperazine rings is 1. The van der Waals surface area contributed by atoms with E-state index in [-0.39, 0.29) is 11.8 Å². The van der Waals surface area contributed by atoms with Crippen molar-refractivity contribution in [2.45, 2.75) is 19.9 Å². The molecule has 1 aliphatic heterocycles. The molecule has 122 valence electrons. The van der Waals surface area contributed by atoms with Crippen LogP contribution in [-0.4, -0.2) is 70.7 Å². The van der Waals surface area contributed by atoms with E-state index in [9.17, 15) is 9.59 Å². The predicted molar refractivity (Wildman–Crippen MR) is 83.6 cm³/mol. The molecule has 0 atom stereocenters. The monoisotopic (exact) mass is 327 g/mol. The smallest absolute Gasteiger partial charge is 0.234 e. The van der Waals surface area contributed by atoms with Crippen molar-refractivity contribution in [2.75, 3.05) is 39.3 Å². The Bertz CT molecular complexity index is 511. The molecule has 8 heteroatoms. The standard InChI is InChI=1S/C14H22ClN5O2/c1-2-16-13(21)11-18-5-7-19(8-6-18)14(22)3-4-20-10-12(15)9-17-20/h9-10H,2-8,11H2,1H3,(H,16,21). The van der Waals surface area contributed by atoms with Gasteiger partial charge in [-0.1, -0.05) is 11.6 Å². The summed E-state index contributed by atoms with van der Waals surface area (Å²) in [5.74, 6) is 0.155. The Balaban J connectivity index is 1.69. The van der Waals surface area contributed by atoms with Crippen LogP contribution in [0.4, 0.5) is 0 Å². The second-order valence-electron chi connectivity index (χ2n) is 5.28. The van der Waals surface area contributed by atoms with Crippen molar-refractivity contribution >= 4 is 23.4 Å². The molecule has 1 aliphatic rings. The topological polar surface area (TPSA) is 70.5 Å². The predicted octanol–water partition coefficient (Wildman–Crippen LogP) is 0.207. The van der Waals surface area contributed by atoms with E-state index in [2.05, 4.69) is 15.3 Å². The van der Waals surface area contributed by atoms with E-state index in [4.69, 9.17) is 11.6 Å². The van der Waals surface area contributed by atoms with Gasteiger partial charge in [0.2, 0.25) is 11.8 Å². The van der Waals surface area contributed by atoms with E-state index in [0.717, 1.165) is 13.1 Å². The molecule has 0 aromatic carbocycles. The van der Waals surface area contributed by atoms with Crippen molar-refractivity contribution in [2.24, 2.45) is 0 Å². The third-order valence-electron chi connectivity index (χ3n) is 3.62. The third kappa shape index (κ3) is 4.99. The summed E-state index contributed by atoms with van der Waals surface area (Å²) >= 11 is 5.79. The van der Waals surface area contributed by atoms with Gasteiger partial charge in [0.15, 0.2) is 0 Å². The Morgan fingerprint density at radius 1 is 1.32 bits per heavy atom. The highest BCUT2D eigenvalue weighted by atomic mass is 35.5. The van der Waals surface area contributed by atoms with Gasteiger partial charge >= 0.3 is 0 Å². The average molecular weight is 328 g/mol. The van der Waals surface area contributed by atoms with Gasteiger partial charge in [0.05, 0.1) is 17.8 Å². The van der Waals surface area contributed by atoms with Gasteiger partial charge < -0.3 is 10.2 Å². The molecular weight excluding hydrogens is 306 g/mol. The minimum atomic E-state index is 0.0397. The molecule has 1 aromatic heterocycles. The molecule has 0 bridgehead atoms. The van der Waals surface area contributed by atoms with Gasteiger partial charge in [0.25, 0.3) is 0 Å². The quantitative estimate of drug-likeness (QED) is 0.810. The summed E-state index contributed by atoms with van der Waals surface area (Å²) in [4.78, 5) is 27.6. The number of nitrogens with one attached hydrogen (secondary N) is 1. The molecular formula is C14H22ClN5O2. The van der Waals surface area contributed by atoms with E-state index >= 15 is 0 Å². The molecule has 1 N–H and O–H groups in total. The number of carbonyl (C=O) groups is 2. The fourth-order valence-electron chi connectivity index (χ4n) is 2.44. The molecule has 0 radical (unpaired) electrons. The van der Waals surface area contributed by atoms with Crippen LogP contribution >= 0.6 is 11.6 Å². The number of aryl methyl sites for hydroxylation is 1. The number of amides is 2. The molecule has 22 heavy (non-hydrogen) atoms. The van der Waals surface area contributed by atoms with Crippen molar-refractivity contribution in [1.82, 2.24) is 24.9 Å². The highest BCUT2D eigenvalue weighted by Gasteiger charge is 2.22. The van der Waals surface area contributed by atoms with E-state index in [0.29, 0.717) is 44.2 Å². The van der Waals surface area contributed by atoms with E-state index in [1.165, 1.54) is 0 Å². The number of rotatable bonds is 6. The lowest BCUT2D eigenvalue weighted by molar-refractivity contribution is -0.133. The first-order valence-corrected chi connectivity index (χ1v) is 7.91. The number of likely N-dealkylation sites (N-methyl/N-ethyl adjacent to an activating group) is 1. The first-order chi connectivity index (χ1) is 10.6. The lowest BCUT2D eigenvalue weighted by Gasteiger charge is -2.34. The third-order valence-corrected chi connectivity index (χ3v) is 3.82. The van der Waals surface area contributed by atoms with Gasteiger partial charge in [-0.3, -0.25) is 19.2 Å². The lowest BCUT2D eigenvalue weighted by Crippen LogP contribution is -2.51. The summed E-state index contributed by atoms with van der Waals surface area (Å²) in [7, 11) is 0. The van der Waals surface area contributed by atoms with E-state index < -0.39 is 0 Å². The molecule has 0 unspecified atom stereocenters. The van der Waals surface area contributed by atoms with Gasteiger partial charge in [-0.05, 0) is 6.92 Å². The first kappa shape index (κ1) is 16.8. The molecule has 0 spiro atoms. The molecule has 2 heterocycles. The summed E-state index contributed by atoms with van der Waals surface area (Å²) in [5.41, 5.74) is 0. The van der Waals surface area contributed by atoms with Crippen LogP contribution in [0.1, 0.15) is 13.3 Å². The zero-order valence-corrected chi connectivity index (χ0v) is 13.6. The van der Waals surface area contributed by atoms with Crippen LogP contribution in [0, 0.1) is 0 Å². The second kappa shape index (κ2) is 8.14. The minimum absolute atomic E-state index is 0.0397. The Labute approximate surface area is 135 Å². The molecule has 2 rings (SSSR count). The summed E-state index contributed by atoms with van der Waals surface area (Å²) in [6, 6.07) is 0. The Morgan fingerprint density at radius 2 is 2.05 bits per heavy atom. The summed E-state index contributed by atoms with van der Waals surface area (Å²) in [5, 5.41) is 7.42. The molecule has 0 saturated carbocycles. The van der Waals surface area contributed by atoms with Crippen LogP contribution < -0.4 is 5.32 Å². The molecule has 1 fully saturated rings.